The molecule has 0 saturated carbocycles. The predicted octanol–water partition coefficient (Wildman–Crippen LogP) is 2.63. The first-order valence-electron chi connectivity index (χ1n) is 5.24. The molecule has 0 atom stereocenters. The van der Waals surface area contributed by atoms with E-state index in [1.165, 1.54) is 18.7 Å². The molecule has 1 aliphatic heterocycles. The largest absolute Gasteiger partial charge is 0.351 e. The highest BCUT2D eigenvalue weighted by molar-refractivity contribution is 6.33. The number of aromatic nitrogens is 1. The van der Waals surface area contributed by atoms with Gasteiger partial charge in [-0.15, -0.1) is 0 Å². The van der Waals surface area contributed by atoms with Crippen LogP contribution >= 0.6 is 11.6 Å². The van der Waals surface area contributed by atoms with Crippen LogP contribution in [0.25, 0.3) is 0 Å². The van der Waals surface area contributed by atoms with E-state index in [0.29, 0.717) is 5.82 Å². The molecule has 5 nitrogen and oxygen atoms in total. The van der Waals surface area contributed by atoms with Gasteiger partial charge >= 0.3 is 5.69 Å². The van der Waals surface area contributed by atoms with Crippen LogP contribution in [0.1, 0.15) is 19.3 Å². The van der Waals surface area contributed by atoms with Crippen LogP contribution in [0.5, 0.6) is 0 Å². The molecule has 6 heteroatoms. The second-order valence-electron chi connectivity index (χ2n) is 3.77. The molecule has 0 unspecified atom stereocenters. The van der Waals surface area contributed by atoms with Gasteiger partial charge in [-0.2, -0.15) is 0 Å². The second kappa shape index (κ2) is 4.65. The van der Waals surface area contributed by atoms with Gasteiger partial charge in [0.2, 0.25) is 5.82 Å². The Hall–Kier alpha value is -1.36. The van der Waals surface area contributed by atoms with Crippen LogP contribution in [-0.4, -0.2) is 23.0 Å². The third-order valence-electron chi connectivity index (χ3n) is 2.69. The summed E-state index contributed by atoms with van der Waals surface area (Å²) in [5.74, 6) is 0.400. The average Bonchev–Trinajstić information content (AvgIpc) is 2.29. The molecule has 1 aromatic heterocycles. The standard InChI is InChI=1S/C10H12ClN3O2/c11-8-4-5-12-10(9(8)14(15)16)13-6-2-1-3-7-13/h4-5H,1-3,6-7H2. The van der Waals surface area contributed by atoms with E-state index < -0.39 is 4.92 Å². The van der Waals surface area contributed by atoms with Crippen LogP contribution in [0.2, 0.25) is 5.02 Å². The van der Waals surface area contributed by atoms with Crippen LogP contribution < -0.4 is 4.90 Å². The van der Waals surface area contributed by atoms with Crippen molar-refractivity contribution in [1.82, 2.24) is 4.98 Å². The van der Waals surface area contributed by atoms with Crippen LogP contribution in [0.15, 0.2) is 12.3 Å². The van der Waals surface area contributed by atoms with Crippen molar-refractivity contribution < 1.29 is 4.92 Å². The third-order valence-corrected chi connectivity index (χ3v) is 3.00. The molecule has 0 N–H and O–H groups in total. The molecule has 0 amide bonds. The van der Waals surface area contributed by atoms with Crippen LogP contribution in [0, 0.1) is 10.1 Å². The summed E-state index contributed by atoms with van der Waals surface area (Å²) in [6.45, 7) is 1.63. The first-order valence-corrected chi connectivity index (χ1v) is 5.62. The number of nitro groups is 1. The summed E-state index contributed by atoms with van der Waals surface area (Å²) in [6.07, 6.45) is 4.78. The highest BCUT2D eigenvalue weighted by atomic mass is 35.5. The van der Waals surface area contributed by atoms with Gasteiger partial charge in [0.25, 0.3) is 0 Å². The monoisotopic (exact) mass is 241 g/mol. The van der Waals surface area contributed by atoms with Gasteiger partial charge < -0.3 is 4.90 Å². The molecule has 16 heavy (non-hydrogen) atoms. The minimum Gasteiger partial charge on any atom is -0.351 e. The Morgan fingerprint density at radius 2 is 2.06 bits per heavy atom. The van der Waals surface area contributed by atoms with Crippen molar-refractivity contribution in [3.63, 3.8) is 0 Å². The quantitative estimate of drug-likeness (QED) is 0.590. The number of halogens is 1. The molecular weight excluding hydrogens is 230 g/mol. The van der Waals surface area contributed by atoms with Crippen molar-refractivity contribution in [2.45, 2.75) is 19.3 Å². The van der Waals surface area contributed by atoms with Gasteiger partial charge in [-0.1, -0.05) is 11.6 Å². The maximum Gasteiger partial charge on any atom is 0.329 e. The predicted molar refractivity (Wildman–Crippen MR) is 62.0 cm³/mol. The lowest BCUT2D eigenvalue weighted by Gasteiger charge is -2.27. The number of rotatable bonds is 2. The van der Waals surface area contributed by atoms with Crippen molar-refractivity contribution in [3.8, 4) is 0 Å². The van der Waals surface area contributed by atoms with Gasteiger partial charge in [-0.25, -0.2) is 4.98 Å². The van der Waals surface area contributed by atoms with E-state index in [4.69, 9.17) is 11.6 Å². The van der Waals surface area contributed by atoms with Gasteiger partial charge in [0, 0.05) is 19.3 Å². The number of piperidine rings is 1. The highest BCUT2D eigenvalue weighted by Gasteiger charge is 2.25. The minimum atomic E-state index is -0.459. The average molecular weight is 242 g/mol. The Morgan fingerprint density at radius 1 is 1.38 bits per heavy atom. The van der Waals surface area contributed by atoms with E-state index in [0.717, 1.165) is 25.9 Å². The summed E-state index contributed by atoms with van der Waals surface area (Å²) in [7, 11) is 0. The summed E-state index contributed by atoms with van der Waals surface area (Å²) in [5, 5.41) is 11.1. The number of nitrogens with zero attached hydrogens (tertiary/aromatic N) is 3. The lowest BCUT2D eigenvalue weighted by atomic mass is 10.1. The first kappa shape index (κ1) is 11.1. The Morgan fingerprint density at radius 3 is 2.69 bits per heavy atom. The summed E-state index contributed by atoms with van der Waals surface area (Å²) in [6, 6.07) is 1.45. The van der Waals surface area contributed by atoms with E-state index >= 15 is 0 Å². The Bertz CT molecular complexity index is 405. The molecule has 1 aromatic rings. The van der Waals surface area contributed by atoms with Crippen LogP contribution in [0.3, 0.4) is 0 Å². The summed E-state index contributed by atoms with van der Waals surface area (Å²) in [5.41, 5.74) is -0.0777. The van der Waals surface area contributed by atoms with Crippen molar-refractivity contribution >= 4 is 23.1 Å². The zero-order valence-corrected chi connectivity index (χ0v) is 9.48. The summed E-state index contributed by atoms with van der Waals surface area (Å²) in [4.78, 5) is 16.5. The van der Waals surface area contributed by atoms with Crippen molar-refractivity contribution in [3.05, 3.63) is 27.4 Å². The zero-order chi connectivity index (χ0) is 11.5. The third kappa shape index (κ3) is 2.09. The molecule has 0 radical (unpaired) electrons. The number of hydrogen-bond donors (Lipinski definition) is 0. The molecule has 1 aliphatic rings. The Balaban J connectivity index is 2.38. The van der Waals surface area contributed by atoms with Gasteiger partial charge in [0.15, 0.2) is 0 Å². The highest BCUT2D eigenvalue weighted by Crippen LogP contribution is 2.33. The lowest BCUT2D eigenvalue weighted by Crippen LogP contribution is -2.30. The molecule has 2 heterocycles. The molecular formula is C10H12ClN3O2. The van der Waals surface area contributed by atoms with Gasteiger partial charge in [-0.05, 0) is 25.3 Å². The maximum atomic E-state index is 10.9. The zero-order valence-electron chi connectivity index (χ0n) is 8.73. The Kier molecular flexibility index (Phi) is 3.24. The van der Waals surface area contributed by atoms with Gasteiger partial charge in [0.1, 0.15) is 5.02 Å². The van der Waals surface area contributed by atoms with Crippen LogP contribution in [-0.2, 0) is 0 Å². The Labute approximate surface area is 98.2 Å². The molecule has 1 fully saturated rings. The van der Waals surface area contributed by atoms with Crippen LogP contribution in [0.4, 0.5) is 11.5 Å². The lowest BCUT2D eigenvalue weighted by molar-refractivity contribution is -0.384. The van der Waals surface area contributed by atoms with E-state index in [9.17, 15) is 10.1 Å². The molecule has 2 rings (SSSR count). The molecule has 0 spiro atoms. The fourth-order valence-corrected chi connectivity index (χ4v) is 2.14. The van der Waals surface area contributed by atoms with E-state index in [-0.39, 0.29) is 10.7 Å². The number of hydrogen-bond acceptors (Lipinski definition) is 4. The van der Waals surface area contributed by atoms with Gasteiger partial charge in [-0.3, -0.25) is 10.1 Å². The second-order valence-corrected chi connectivity index (χ2v) is 4.18. The summed E-state index contributed by atoms with van der Waals surface area (Å²) >= 11 is 5.84. The van der Waals surface area contributed by atoms with Gasteiger partial charge in [0.05, 0.1) is 4.92 Å². The number of anilines is 1. The van der Waals surface area contributed by atoms with Crippen molar-refractivity contribution in [2.24, 2.45) is 0 Å². The number of pyridine rings is 1. The summed E-state index contributed by atoms with van der Waals surface area (Å²) < 4.78 is 0. The molecule has 0 aromatic carbocycles. The van der Waals surface area contributed by atoms with E-state index in [2.05, 4.69) is 4.98 Å². The smallest absolute Gasteiger partial charge is 0.329 e. The fourth-order valence-electron chi connectivity index (χ4n) is 1.93. The molecule has 1 saturated heterocycles. The minimum absolute atomic E-state index is 0.0777. The normalized spacial score (nSPS) is 16.2. The molecule has 0 aliphatic carbocycles. The first-order chi connectivity index (χ1) is 7.70. The molecule has 86 valence electrons. The molecule has 0 bridgehead atoms. The van der Waals surface area contributed by atoms with Crippen molar-refractivity contribution in [2.75, 3.05) is 18.0 Å². The van der Waals surface area contributed by atoms with Crippen molar-refractivity contribution in [1.29, 1.82) is 0 Å². The maximum absolute atomic E-state index is 10.9. The van der Waals surface area contributed by atoms with E-state index in [1.807, 2.05) is 4.90 Å². The topological polar surface area (TPSA) is 59.3 Å². The SMILES string of the molecule is O=[N+]([O-])c1c(Cl)ccnc1N1CCCCC1. The fraction of sp³-hybridized carbons (Fsp3) is 0.500. The van der Waals surface area contributed by atoms with E-state index in [1.54, 1.807) is 0 Å².